The van der Waals surface area contributed by atoms with Crippen molar-refractivity contribution in [2.75, 3.05) is 33.8 Å². The average Bonchev–Trinajstić information content (AvgIpc) is 2.38. The van der Waals surface area contributed by atoms with E-state index >= 15 is 0 Å². The number of nitrogens with zero attached hydrogens (tertiary/aromatic N) is 1. The fraction of sp³-hybridized carbons (Fsp3) is 0.533. The maximum absolute atomic E-state index is 10.8. The summed E-state index contributed by atoms with van der Waals surface area (Å²) in [7, 11) is 4.10. The molecule has 0 amide bonds. The Balaban J connectivity index is 2.31. The third-order valence-electron chi connectivity index (χ3n) is 3.40. The van der Waals surface area contributed by atoms with Crippen LogP contribution in [0.15, 0.2) is 24.3 Å². The van der Waals surface area contributed by atoms with Gasteiger partial charge in [0.2, 0.25) is 0 Å². The number of carboxylic acids is 1. The molecule has 0 aliphatic heterocycles. The standard InChI is InChI=1S/C15H24N2O3/c1-15(2,17(3)4)11-16-8-9-20-13-7-5-6-12(10-13)14(18)19/h5-7,10,16H,8-9,11H2,1-4H3,(H,18,19). The largest absolute Gasteiger partial charge is 0.492 e. The number of carbonyl (C=O) groups is 1. The van der Waals surface area contributed by atoms with Crippen LogP contribution in [0.25, 0.3) is 0 Å². The van der Waals surface area contributed by atoms with Gasteiger partial charge in [-0.1, -0.05) is 6.07 Å². The van der Waals surface area contributed by atoms with Gasteiger partial charge in [0.1, 0.15) is 12.4 Å². The van der Waals surface area contributed by atoms with Crippen LogP contribution < -0.4 is 10.1 Å². The molecule has 1 aromatic rings. The molecular weight excluding hydrogens is 256 g/mol. The highest BCUT2D eigenvalue weighted by Crippen LogP contribution is 2.13. The predicted molar refractivity (Wildman–Crippen MR) is 79.5 cm³/mol. The minimum Gasteiger partial charge on any atom is -0.492 e. The van der Waals surface area contributed by atoms with Crippen LogP contribution in [0.1, 0.15) is 24.2 Å². The van der Waals surface area contributed by atoms with Crippen molar-refractivity contribution in [3.05, 3.63) is 29.8 Å². The van der Waals surface area contributed by atoms with E-state index in [-0.39, 0.29) is 11.1 Å². The molecule has 0 atom stereocenters. The number of rotatable bonds is 8. The summed E-state index contributed by atoms with van der Waals surface area (Å²) in [5, 5.41) is 12.2. The first kappa shape index (κ1) is 16.5. The molecule has 0 saturated heterocycles. The summed E-state index contributed by atoms with van der Waals surface area (Å²) >= 11 is 0. The fourth-order valence-electron chi connectivity index (χ4n) is 1.51. The highest BCUT2D eigenvalue weighted by Gasteiger charge is 2.19. The lowest BCUT2D eigenvalue weighted by Crippen LogP contribution is -2.47. The number of ether oxygens (including phenoxy) is 1. The van der Waals surface area contributed by atoms with Crippen molar-refractivity contribution in [1.82, 2.24) is 10.2 Å². The Morgan fingerprint density at radius 3 is 2.70 bits per heavy atom. The number of nitrogens with one attached hydrogen (secondary N) is 1. The molecule has 20 heavy (non-hydrogen) atoms. The summed E-state index contributed by atoms with van der Waals surface area (Å²) in [4.78, 5) is 13.0. The molecule has 0 aromatic heterocycles. The molecule has 0 bridgehead atoms. The van der Waals surface area contributed by atoms with Gasteiger partial charge in [-0.3, -0.25) is 0 Å². The highest BCUT2D eigenvalue weighted by atomic mass is 16.5. The van der Waals surface area contributed by atoms with Gasteiger partial charge in [0.15, 0.2) is 0 Å². The van der Waals surface area contributed by atoms with Crippen molar-refractivity contribution < 1.29 is 14.6 Å². The molecule has 0 aliphatic rings. The Morgan fingerprint density at radius 1 is 1.40 bits per heavy atom. The molecule has 0 radical (unpaired) electrons. The van der Waals surface area contributed by atoms with Crippen molar-refractivity contribution >= 4 is 5.97 Å². The van der Waals surface area contributed by atoms with Crippen LogP contribution in [0.4, 0.5) is 0 Å². The zero-order valence-electron chi connectivity index (χ0n) is 12.6. The molecule has 5 nitrogen and oxygen atoms in total. The van der Waals surface area contributed by atoms with E-state index in [1.165, 1.54) is 6.07 Å². The van der Waals surface area contributed by atoms with E-state index in [9.17, 15) is 4.79 Å². The Labute approximate surface area is 120 Å². The van der Waals surface area contributed by atoms with Gasteiger partial charge in [-0.25, -0.2) is 4.79 Å². The summed E-state index contributed by atoms with van der Waals surface area (Å²) in [6.07, 6.45) is 0. The van der Waals surface area contributed by atoms with Crippen LogP contribution in [-0.2, 0) is 0 Å². The van der Waals surface area contributed by atoms with Crippen molar-refractivity contribution in [2.24, 2.45) is 0 Å². The second kappa shape index (κ2) is 7.26. The monoisotopic (exact) mass is 280 g/mol. The molecule has 5 heteroatoms. The van der Waals surface area contributed by atoms with E-state index in [0.29, 0.717) is 18.9 Å². The smallest absolute Gasteiger partial charge is 0.335 e. The molecule has 0 heterocycles. The van der Waals surface area contributed by atoms with Crippen LogP contribution in [0, 0.1) is 0 Å². The van der Waals surface area contributed by atoms with Gasteiger partial charge in [-0.05, 0) is 46.1 Å². The number of benzene rings is 1. The number of carboxylic acid groups (broad SMARTS) is 1. The molecule has 1 aromatic carbocycles. The van der Waals surface area contributed by atoms with Crippen molar-refractivity contribution in [3.63, 3.8) is 0 Å². The normalized spacial score (nSPS) is 11.7. The molecular formula is C15H24N2O3. The number of likely N-dealkylation sites (N-methyl/N-ethyl adjacent to an activating group) is 1. The van der Waals surface area contributed by atoms with Gasteiger partial charge in [-0.2, -0.15) is 0 Å². The van der Waals surface area contributed by atoms with E-state index in [0.717, 1.165) is 6.54 Å². The van der Waals surface area contributed by atoms with Crippen LogP contribution in [0.3, 0.4) is 0 Å². The summed E-state index contributed by atoms with van der Waals surface area (Å²) in [6, 6.07) is 6.52. The minimum absolute atomic E-state index is 0.0865. The molecule has 1 rings (SSSR count). The third kappa shape index (κ3) is 5.19. The fourth-order valence-corrected chi connectivity index (χ4v) is 1.51. The summed E-state index contributed by atoms with van der Waals surface area (Å²) < 4.78 is 5.53. The third-order valence-corrected chi connectivity index (χ3v) is 3.40. The van der Waals surface area contributed by atoms with Crippen molar-refractivity contribution in [1.29, 1.82) is 0 Å². The second-order valence-electron chi connectivity index (χ2n) is 5.57. The van der Waals surface area contributed by atoms with Crippen LogP contribution >= 0.6 is 0 Å². The van der Waals surface area contributed by atoms with E-state index in [4.69, 9.17) is 9.84 Å². The number of hydrogen-bond donors (Lipinski definition) is 2. The van der Waals surface area contributed by atoms with Gasteiger partial charge in [-0.15, -0.1) is 0 Å². The number of hydrogen-bond acceptors (Lipinski definition) is 4. The van der Waals surface area contributed by atoms with Crippen LogP contribution in [-0.4, -0.2) is 55.3 Å². The second-order valence-corrected chi connectivity index (χ2v) is 5.57. The van der Waals surface area contributed by atoms with Gasteiger partial charge in [0.25, 0.3) is 0 Å². The lowest BCUT2D eigenvalue weighted by atomic mass is 10.0. The zero-order valence-corrected chi connectivity index (χ0v) is 12.6. The van der Waals surface area contributed by atoms with Crippen LogP contribution in [0.2, 0.25) is 0 Å². The Kier molecular flexibility index (Phi) is 5.98. The molecule has 0 spiro atoms. The predicted octanol–water partition coefficient (Wildman–Crippen LogP) is 1.69. The maximum Gasteiger partial charge on any atom is 0.335 e. The average molecular weight is 280 g/mol. The topological polar surface area (TPSA) is 61.8 Å². The summed E-state index contributed by atoms with van der Waals surface area (Å²) in [5.74, 6) is -0.361. The van der Waals surface area contributed by atoms with Gasteiger partial charge < -0.3 is 20.1 Å². The Hall–Kier alpha value is -1.59. The van der Waals surface area contributed by atoms with E-state index < -0.39 is 5.97 Å². The molecule has 0 aliphatic carbocycles. The van der Waals surface area contributed by atoms with E-state index in [2.05, 4.69) is 38.2 Å². The van der Waals surface area contributed by atoms with E-state index in [1.807, 2.05) is 0 Å². The molecule has 112 valence electrons. The van der Waals surface area contributed by atoms with E-state index in [1.54, 1.807) is 18.2 Å². The molecule has 0 fully saturated rings. The van der Waals surface area contributed by atoms with Gasteiger partial charge in [0, 0.05) is 18.6 Å². The minimum atomic E-state index is -0.943. The van der Waals surface area contributed by atoms with Gasteiger partial charge in [0.05, 0.1) is 5.56 Å². The highest BCUT2D eigenvalue weighted by molar-refractivity contribution is 5.87. The quantitative estimate of drug-likeness (QED) is 0.710. The maximum atomic E-state index is 10.8. The summed E-state index contributed by atoms with van der Waals surface area (Å²) in [5.41, 5.74) is 0.327. The summed E-state index contributed by atoms with van der Waals surface area (Å²) in [6.45, 7) is 6.41. The first-order chi connectivity index (χ1) is 9.33. The lowest BCUT2D eigenvalue weighted by molar-refractivity contribution is 0.0696. The Bertz CT molecular complexity index is 444. The van der Waals surface area contributed by atoms with Gasteiger partial charge >= 0.3 is 5.97 Å². The zero-order chi connectivity index (χ0) is 15.2. The number of aromatic carboxylic acids is 1. The van der Waals surface area contributed by atoms with Crippen molar-refractivity contribution in [2.45, 2.75) is 19.4 Å². The molecule has 2 N–H and O–H groups in total. The SMILES string of the molecule is CN(C)C(C)(C)CNCCOc1cccc(C(=O)O)c1. The Morgan fingerprint density at radius 2 is 2.10 bits per heavy atom. The molecule has 0 saturated carbocycles. The molecule has 0 unspecified atom stereocenters. The lowest BCUT2D eigenvalue weighted by Gasteiger charge is -2.32. The first-order valence-electron chi connectivity index (χ1n) is 6.67. The van der Waals surface area contributed by atoms with Crippen LogP contribution in [0.5, 0.6) is 5.75 Å². The van der Waals surface area contributed by atoms with Crippen molar-refractivity contribution in [3.8, 4) is 5.75 Å². The first-order valence-corrected chi connectivity index (χ1v) is 6.67.